The van der Waals surface area contributed by atoms with Crippen molar-refractivity contribution >= 4 is 16.9 Å². The fourth-order valence-electron chi connectivity index (χ4n) is 3.22. The second-order valence-corrected chi connectivity index (χ2v) is 6.00. The molecule has 1 aromatic carbocycles. The Labute approximate surface area is 124 Å². The number of benzene rings is 1. The van der Waals surface area contributed by atoms with Crippen LogP contribution in [0.25, 0.3) is 11.0 Å². The summed E-state index contributed by atoms with van der Waals surface area (Å²) in [7, 11) is 1.78. The van der Waals surface area contributed by atoms with Gasteiger partial charge in [-0.1, -0.05) is 24.6 Å². The predicted octanol–water partition coefficient (Wildman–Crippen LogP) is 2.97. The van der Waals surface area contributed by atoms with Crippen LogP contribution in [0.2, 0.25) is 0 Å². The third-order valence-electron chi connectivity index (χ3n) is 4.51. The van der Waals surface area contributed by atoms with Gasteiger partial charge in [0, 0.05) is 30.5 Å². The molecule has 0 aliphatic heterocycles. The van der Waals surface area contributed by atoms with E-state index in [1.165, 1.54) is 0 Å². The minimum atomic E-state index is -0.281. The van der Waals surface area contributed by atoms with Crippen LogP contribution in [0.1, 0.15) is 35.4 Å². The molecule has 2 aromatic rings. The number of amides is 1. The van der Waals surface area contributed by atoms with E-state index >= 15 is 0 Å². The lowest BCUT2D eigenvalue weighted by Gasteiger charge is -2.22. The van der Waals surface area contributed by atoms with E-state index in [2.05, 4.69) is 0 Å². The minimum absolute atomic E-state index is 0.109. The van der Waals surface area contributed by atoms with Gasteiger partial charge in [-0.3, -0.25) is 4.79 Å². The van der Waals surface area contributed by atoms with Gasteiger partial charge in [-0.2, -0.15) is 0 Å². The summed E-state index contributed by atoms with van der Waals surface area (Å²) in [6, 6.07) is 7.68. The van der Waals surface area contributed by atoms with E-state index in [0.717, 1.165) is 35.8 Å². The van der Waals surface area contributed by atoms with Crippen molar-refractivity contribution in [3.05, 3.63) is 35.6 Å². The summed E-state index contributed by atoms with van der Waals surface area (Å²) < 4.78 is 5.72. The quantitative estimate of drug-likeness (QED) is 0.944. The van der Waals surface area contributed by atoms with Crippen molar-refractivity contribution in [1.29, 1.82) is 0 Å². The number of hydrogen-bond acceptors (Lipinski definition) is 3. The zero-order valence-electron chi connectivity index (χ0n) is 12.5. The number of fused-ring (bicyclic) bond motifs is 1. The van der Waals surface area contributed by atoms with Crippen molar-refractivity contribution in [3.63, 3.8) is 0 Å². The number of aryl methyl sites for hydroxylation is 1. The molecule has 21 heavy (non-hydrogen) atoms. The van der Waals surface area contributed by atoms with Crippen LogP contribution in [-0.4, -0.2) is 35.6 Å². The Balaban J connectivity index is 1.81. The maximum atomic E-state index is 12.6. The number of nitrogens with zero attached hydrogens (tertiary/aromatic N) is 1. The Morgan fingerprint density at radius 2 is 2.14 bits per heavy atom. The molecule has 1 N–H and O–H groups in total. The van der Waals surface area contributed by atoms with E-state index in [0.29, 0.717) is 12.3 Å². The zero-order valence-corrected chi connectivity index (χ0v) is 12.5. The predicted molar refractivity (Wildman–Crippen MR) is 81.3 cm³/mol. The molecule has 1 heterocycles. The number of carbonyl (C=O) groups is 1. The second-order valence-electron chi connectivity index (χ2n) is 6.00. The summed E-state index contributed by atoms with van der Waals surface area (Å²) in [6.07, 6.45) is 2.59. The topological polar surface area (TPSA) is 53.7 Å². The first kappa shape index (κ1) is 14.1. The maximum Gasteiger partial charge on any atom is 0.289 e. The third-order valence-corrected chi connectivity index (χ3v) is 4.51. The smallest absolute Gasteiger partial charge is 0.289 e. The number of carbonyl (C=O) groups excluding carboxylic acids is 1. The Kier molecular flexibility index (Phi) is 3.72. The molecule has 0 radical (unpaired) electrons. The molecule has 2 unspecified atom stereocenters. The molecule has 4 nitrogen and oxygen atoms in total. The highest BCUT2D eigenvalue weighted by atomic mass is 16.3. The van der Waals surface area contributed by atoms with Gasteiger partial charge in [-0.15, -0.1) is 0 Å². The average Bonchev–Trinajstić information content (AvgIpc) is 3.03. The number of para-hydroxylation sites is 1. The Bertz CT molecular complexity index is 661. The third kappa shape index (κ3) is 2.56. The lowest BCUT2D eigenvalue weighted by molar-refractivity contribution is 0.0666. The summed E-state index contributed by atoms with van der Waals surface area (Å²) in [5.74, 6) is 0.484. The van der Waals surface area contributed by atoms with Gasteiger partial charge in [-0.25, -0.2) is 0 Å². The Morgan fingerprint density at radius 3 is 2.81 bits per heavy atom. The number of aliphatic hydroxyl groups is 1. The van der Waals surface area contributed by atoms with E-state index in [9.17, 15) is 9.90 Å². The lowest BCUT2D eigenvalue weighted by Crippen LogP contribution is -2.34. The minimum Gasteiger partial charge on any atom is -0.451 e. The first-order valence-electron chi connectivity index (χ1n) is 7.49. The molecule has 1 aliphatic carbocycles. The molecule has 1 aromatic heterocycles. The van der Waals surface area contributed by atoms with Crippen LogP contribution in [0.5, 0.6) is 0 Å². The lowest BCUT2D eigenvalue weighted by atomic mass is 10.1. The van der Waals surface area contributed by atoms with Crippen LogP contribution in [0.4, 0.5) is 0 Å². The number of rotatable bonds is 3. The standard InChI is InChI=1S/C17H21NO3/c1-11-13-7-3-4-9-15(13)21-16(11)17(20)18(2)10-12-6-5-8-14(12)19/h3-4,7,9,12,14,19H,5-6,8,10H2,1-2H3. The van der Waals surface area contributed by atoms with Crippen molar-refractivity contribution in [2.75, 3.05) is 13.6 Å². The highest BCUT2D eigenvalue weighted by molar-refractivity contribution is 5.98. The van der Waals surface area contributed by atoms with E-state index in [4.69, 9.17) is 4.42 Å². The normalized spacial score (nSPS) is 21.9. The van der Waals surface area contributed by atoms with Crippen LogP contribution >= 0.6 is 0 Å². The van der Waals surface area contributed by atoms with Crippen LogP contribution in [-0.2, 0) is 0 Å². The zero-order chi connectivity index (χ0) is 15.0. The SMILES string of the molecule is Cc1c(C(=O)N(C)CC2CCCC2O)oc2ccccc12. The van der Waals surface area contributed by atoms with Crippen molar-refractivity contribution in [1.82, 2.24) is 4.90 Å². The first-order chi connectivity index (χ1) is 10.1. The fourth-order valence-corrected chi connectivity index (χ4v) is 3.22. The van der Waals surface area contributed by atoms with Gasteiger partial charge in [-0.05, 0) is 25.8 Å². The number of aliphatic hydroxyl groups excluding tert-OH is 1. The Hall–Kier alpha value is -1.81. The maximum absolute atomic E-state index is 12.6. The molecule has 0 spiro atoms. The van der Waals surface area contributed by atoms with Gasteiger partial charge in [0.05, 0.1) is 6.10 Å². The molecule has 1 amide bonds. The molecule has 0 bridgehead atoms. The highest BCUT2D eigenvalue weighted by Crippen LogP contribution is 2.28. The van der Waals surface area contributed by atoms with Gasteiger partial charge in [0.15, 0.2) is 5.76 Å². The molecule has 1 saturated carbocycles. The molecule has 0 saturated heterocycles. The first-order valence-corrected chi connectivity index (χ1v) is 7.49. The average molecular weight is 287 g/mol. The number of hydrogen-bond donors (Lipinski definition) is 1. The Morgan fingerprint density at radius 1 is 1.38 bits per heavy atom. The van der Waals surface area contributed by atoms with Crippen molar-refractivity contribution < 1.29 is 14.3 Å². The molecule has 4 heteroatoms. The van der Waals surface area contributed by atoms with Crippen LogP contribution in [0.3, 0.4) is 0 Å². The molecular weight excluding hydrogens is 266 g/mol. The molecule has 2 atom stereocenters. The molecule has 1 aliphatic rings. The van der Waals surface area contributed by atoms with Crippen molar-refractivity contribution in [2.24, 2.45) is 5.92 Å². The van der Waals surface area contributed by atoms with Gasteiger partial charge < -0.3 is 14.4 Å². The monoisotopic (exact) mass is 287 g/mol. The largest absolute Gasteiger partial charge is 0.451 e. The molecule has 1 fully saturated rings. The van der Waals surface area contributed by atoms with Crippen LogP contribution in [0, 0.1) is 12.8 Å². The van der Waals surface area contributed by atoms with Gasteiger partial charge >= 0.3 is 0 Å². The van der Waals surface area contributed by atoms with Crippen molar-refractivity contribution in [2.45, 2.75) is 32.3 Å². The van der Waals surface area contributed by atoms with E-state index in [1.54, 1.807) is 11.9 Å². The van der Waals surface area contributed by atoms with E-state index in [1.807, 2.05) is 31.2 Å². The molecule has 112 valence electrons. The van der Waals surface area contributed by atoms with Gasteiger partial charge in [0.1, 0.15) is 5.58 Å². The molecule has 3 rings (SSSR count). The summed E-state index contributed by atoms with van der Waals surface area (Å²) in [4.78, 5) is 14.3. The molecular formula is C17H21NO3. The van der Waals surface area contributed by atoms with E-state index < -0.39 is 0 Å². The fraction of sp³-hybridized carbons (Fsp3) is 0.471. The van der Waals surface area contributed by atoms with E-state index in [-0.39, 0.29) is 17.9 Å². The summed E-state index contributed by atoms with van der Waals surface area (Å²) in [6.45, 7) is 2.49. The second kappa shape index (κ2) is 5.53. The summed E-state index contributed by atoms with van der Waals surface area (Å²) in [5, 5.41) is 10.9. The van der Waals surface area contributed by atoms with Gasteiger partial charge in [0.25, 0.3) is 5.91 Å². The van der Waals surface area contributed by atoms with Crippen LogP contribution < -0.4 is 0 Å². The van der Waals surface area contributed by atoms with Crippen LogP contribution in [0.15, 0.2) is 28.7 Å². The highest BCUT2D eigenvalue weighted by Gasteiger charge is 2.29. The summed E-state index contributed by atoms with van der Waals surface area (Å²) in [5.41, 5.74) is 1.63. The summed E-state index contributed by atoms with van der Waals surface area (Å²) >= 11 is 0. The van der Waals surface area contributed by atoms with Crippen molar-refractivity contribution in [3.8, 4) is 0 Å². The van der Waals surface area contributed by atoms with Gasteiger partial charge in [0.2, 0.25) is 0 Å². The number of furan rings is 1.